The maximum atomic E-state index is 9.16. The van der Waals surface area contributed by atoms with Crippen molar-refractivity contribution in [1.29, 1.82) is 0 Å². The molecule has 0 spiro atoms. The summed E-state index contributed by atoms with van der Waals surface area (Å²) in [6.07, 6.45) is 2.10. The van der Waals surface area contributed by atoms with Gasteiger partial charge in [-0.2, -0.15) is 0 Å². The van der Waals surface area contributed by atoms with Crippen LogP contribution in [0.3, 0.4) is 0 Å². The first-order valence-corrected chi connectivity index (χ1v) is 5.86. The number of phenolic OH excluding ortho intramolecular Hbond substituents is 1. The van der Waals surface area contributed by atoms with Gasteiger partial charge in [0.15, 0.2) is 0 Å². The van der Waals surface area contributed by atoms with Gasteiger partial charge in [-0.05, 0) is 44.4 Å². The predicted octanol–water partition coefficient (Wildman–Crippen LogP) is 1.65. The fraction of sp³-hybridized carbons (Fsp3) is 0.538. The van der Waals surface area contributed by atoms with Crippen molar-refractivity contribution in [2.24, 2.45) is 5.73 Å². The fourth-order valence-electron chi connectivity index (χ4n) is 1.68. The molecule has 0 bridgehead atoms. The van der Waals surface area contributed by atoms with Crippen LogP contribution < -0.4 is 11.1 Å². The summed E-state index contributed by atoms with van der Waals surface area (Å²) in [5, 5.41) is 12.6. The van der Waals surface area contributed by atoms with Gasteiger partial charge in [0.25, 0.3) is 0 Å². The summed E-state index contributed by atoms with van der Waals surface area (Å²) in [7, 11) is 0. The molecule has 1 aromatic rings. The Bertz CT molecular complexity index is 297. The Kier molecular flexibility index (Phi) is 5.29. The van der Waals surface area contributed by atoms with E-state index in [2.05, 4.69) is 19.2 Å². The number of nitrogens with two attached hydrogens (primary N) is 1. The summed E-state index contributed by atoms with van der Waals surface area (Å²) < 4.78 is 0. The smallest absolute Gasteiger partial charge is 0.115 e. The summed E-state index contributed by atoms with van der Waals surface area (Å²) in [5.41, 5.74) is 6.81. The Labute approximate surface area is 97.7 Å². The van der Waals surface area contributed by atoms with E-state index in [4.69, 9.17) is 10.8 Å². The number of nitrogens with one attached hydrogen (secondary N) is 1. The zero-order valence-corrected chi connectivity index (χ0v) is 10.1. The minimum Gasteiger partial charge on any atom is -0.508 e. The summed E-state index contributed by atoms with van der Waals surface area (Å²) in [4.78, 5) is 0. The van der Waals surface area contributed by atoms with E-state index >= 15 is 0 Å². The Hall–Kier alpha value is -1.06. The van der Waals surface area contributed by atoms with Crippen molar-refractivity contribution in [2.75, 3.05) is 6.54 Å². The lowest BCUT2D eigenvalue weighted by atomic mass is 10.1. The minimum atomic E-state index is 0.326. The Morgan fingerprint density at radius 3 is 2.38 bits per heavy atom. The molecular formula is C13H22N2O. The van der Waals surface area contributed by atoms with Crippen molar-refractivity contribution >= 4 is 0 Å². The molecule has 2 unspecified atom stereocenters. The van der Waals surface area contributed by atoms with Crippen molar-refractivity contribution in [1.82, 2.24) is 5.32 Å². The molecular weight excluding hydrogens is 200 g/mol. The summed E-state index contributed by atoms with van der Waals surface area (Å²) in [5.74, 6) is 0.326. The van der Waals surface area contributed by atoms with Gasteiger partial charge >= 0.3 is 0 Å². The normalized spacial score (nSPS) is 14.7. The van der Waals surface area contributed by atoms with E-state index in [9.17, 15) is 0 Å². The van der Waals surface area contributed by atoms with Crippen LogP contribution in [-0.2, 0) is 6.42 Å². The van der Waals surface area contributed by atoms with Crippen LogP contribution in [0.5, 0.6) is 5.75 Å². The second kappa shape index (κ2) is 6.51. The molecule has 90 valence electrons. The van der Waals surface area contributed by atoms with E-state index < -0.39 is 0 Å². The zero-order chi connectivity index (χ0) is 12.0. The van der Waals surface area contributed by atoms with Gasteiger partial charge in [-0.15, -0.1) is 0 Å². The third-order valence-electron chi connectivity index (χ3n) is 2.72. The molecule has 0 aromatic heterocycles. The molecule has 3 nitrogen and oxygen atoms in total. The maximum Gasteiger partial charge on any atom is 0.115 e. The monoisotopic (exact) mass is 222 g/mol. The topological polar surface area (TPSA) is 58.3 Å². The van der Waals surface area contributed by atoms with Crippen molar-refractivity contribution in [3.8, 4) is 5.75 Å². The lowest BCUT2D eigenvalue weighted by molar-refractivity contribution is 0.450. The number of aryl methyl sites for hydroxylation is 1. The molecule has 2 atom stereocenters. The van der Waals surface area contributed by atoms with Gasteiger partial charge in [0, 0.05) is 18.6 Å². The van der Waals surface area contributed by atoms with Crippen molar-refractivity contribution in [3.05, 3.63) is 29.8 Å². The van der Waals surface area contributed by atoms with Crippen LogP contribution in [-0.4, -0.2) is 23.7 Å². The lowest BCUT2D eigenvalue weighted by Crippen LogP contribution is -2.39. The first kappa shape index (κ1) is 13.0. The van der Waals surface area contributed by atoms with Crippen molar-refractivity contribution in [3.63, 3.8) is 0 Å². The van der Waals surface area contributed by atoms with E-state index in [-0.39, 0.29) is 0 Å². The molecule has 0 radical (unpaired) electrons. The number of hydrogen-bond donors (Lipinski definition) is 3. The minimum absolute atomic E-state index is 0.326. The molecule has 0 amide bonds. The third kappa shape index (κ3) is 4.64. The molecule has 4 N–H and O–H groups in total. The van der Waals surface area contributed by atoms with Crippen LogP contribution in [0, 0.1) is 0 Å². The van der Waals surface area contributed by atoms with Crippen LogP contribution in [0.15, 0.2) is 24.3 Å². The van der Waals surface area contributed by atoms with Crippen molar-refractivity contribution < 1.29 is 5.11 Å². The molecule has 1 aromatic carbocycles. The second-order valence-corrected chi connectivity index (χ2v) is 4.41. The van der Waals surface area contributed by atoms with Gasteiger partial charge < -0.3 is 16.2 Å². The molecule has 0 heterocycles. The predicted molar refractivity (Wildman–Crippen MR) is 67.5 cm³/mol. The van der Waals surface area contributed by atoms with Gasteiger partial charge in [0.1, 0.15) is 5.75 Å². The van der Waals surface area contributed by atoms with Gasteiger partial charge in [0.05, 0.1) is 0 Å². The summed E-state index contributed by atoms with van der Waals surface area (Å²) >= 11 is 0. The highest BCUT2D eigenvalue weighted by Crippen LogP contribution is 2.11. The quantitative estimate of drug-likeness (QED) is 0.686. The largest absolute Gasteiger partial charge is 0.508 e. The molecule has 1 rings (SSSR count). The standard InChI is InChI=1S/C13H22N2O/c1-10(15-11(2)9-14)3-4-12-5-7-13(16)8-6-12/h5-8,10-11,15-16H,3-4,9,14H2,1-2H3. The summed E-state index contributed by atoms with van der Waals surface area (Å²) in [6.45, 7) is 4.94. The number of rotatable bonds is 6. The highest BCUT2D eigenvalue weighted by Gasteiger charge is 2.05. The molecule has 0 aliphatic carbocycles. The SMILES string of the molecule is CC(CN)NC(C)CCc1ccc(O)cc1. The van der Waals surface area contributed by atoms with Gasteiger partial charge in [0.2, 0.25) is 0 Å². The number of phenols is 1. The molecule has 3 heteroatoms. The van der Waals surface area contributed by atoms with Crippen LogP contribution in [0.1, 0.15) is 25.8 Å². The Morgan fingerprint density at radius 1 is 1.19 bits per heavy atom. The lowest BCUT2D eigenvalue weighted by Gasteiger charge is -2.18. The van der Waals surface area contributed by atoms with Gasteiger partial charge in [-0.1, -0.05) is 12.1 Å². The second-order valence-electron chi connectivity index (χ2n) is 4.41. The van der Waals surface area contributed by atoms with E-state index in [0.717, 1.165) is 12.8 Å². The highest BCUT2D eigenvalue weighted by molar-refractivity contribution is 5.25. The average molecular weight is 222 g/mol. The molecule has 0 fully saturated rings. The van der Waals surface area contributed by atoms with Crippen LogP contribution >= 0.6 is 0 Å². The molecule has 16 heavy (non-hydrogen) atoms. The molecule has 0 aliphatic heterocycles. The molecule has 0 saturated carbocycles. The van der Waals surface area contributed by atoms with E-state index in [1.807, 2.05) is 12.1 Å². The average Bonchev–Trinajstić information content (AvgIpc) is 2.28. The third-order valence-corrected chi connectivity index (χ3v) is 2.72. The van der Waals surface area contributed by atoms with E-state index in [1.165, 1.54) is 5.56 Å². The molecule has 0 aliphatic rings. The van der Waals surface area contributed by atoms with Crippen LogP contribution in [0.4, 0.5) is 0 Å². The Morgan fingerprint density at radius 2 is 1.81 bits per heavy atom. The first-order chi connectivity index (χ1) is 7.61. The van der Waals surface area contributed by atoms with E-state index in [1.54, 1.807) is 12.1 Å². The zero-order valence-electron chi connectivity index (χ0n) is 10.1. The van der Waals surface area contributed by atoms with Gasteiger partial charge in [-0.3, -0.25) is 0 Å². The van der Waals surface area contributed by atoms with Gasteiger partial charge in [-0.25, -0.2) is 0 Å². The maximum absolute atomic E-state index is 9.16. The van der Waals surface area contributed by atoms with Crippen molar-refractivity contribution in [2.45, 2.75) is 38.8 Å². The molecule has 0 saturated heterocycles. The van der Waals surface area contributed by atoms with Crippen LogP contribution in [0.2, 0.25) is 0 Å². The first-order valence-electron chi connectivity index (χ1n) is 5.86. The Balaban J connectivity index is 2.31. The number of aromatic hydroxyl groups is 1. The highest BCUT2D eigenvalue weighted by atomic mass is 16.3. The van der Waals surface area contributed by atoms with E-state index in [0.29, 0.717) is 24.4 Å². The fourth-order valence-corrected chi connectivity index (χ4v) is 1.68. The number of hydrogen-bond acceptors (Lipinski definition) is 3. The summed E-state index contributed by atoms with van der Waals surface area (Å²) in [6, 6.07) is 8.23. The number of benzene rings is 1. The van der Waals surface area contributed by atoms with Crippen LogP contribution in [0.25, 0.3) is 0 Å².